The molecule has 1 aromatic rings. The first-order valence-electron chi connectivity index (χ1n) is 8.29. The SMILES string of the molecule is CC(C)CCNS(=O)(=O)c1cc2c3c(c1)[C@@H](C)C(=O)N3CCC2. The van der Waals surface area contributed by atoms with Crippen LogP contribution in [0.4, 0.5) is 5.69 Å². The van der Waals surface area contributed by atoms with Crippen LogP contribution in [0.15, 0.2) is 17.0 Å². The number of carbonyl (C=O) groups excluding carboxylic acids is 1. The number of benzene rings is 1. The van der Waals surface area contributed by atoms with E-state index in [1.54, 1.807) is 12.1 Å². The van der Waals surface area contributed by atoms with Crippen LogP contribution in [-0.4, -0.2) is 27.4 Å². The Morgan fingerprint density at radius 3 is 2.78 bits per heavy atom. The smallest absolute Gasteiger partial charge is 0.240 e. The molecule has 1 amide bonds. The van der Waals surface area contributed by atoms with Crippen molar-refractivity contribution in [3.63, 3.8) is 0 Å². The Balaban J connectivity index is 1.96. The zero-order valence-corrected chi connectivity index (χ0v) is 14.7. The lowest BCUT2D eigenvalue weighted by Gasteiger charge is -2.26. The number of nitrogens with one attached hydrogen (secondary N) is 1. The lowest BCUT2D eigenvalue weighted by atomic mass is 9.97. The standard InChI is InChI=1S/C17H24N2O3S/c1-11(2)6-7-18-23(21,22)14-9-13-5-4-8-19-16(13)15(10-14)12(3)17(19)20/h9-12,18H,4-8H2,1-3H3/t12-/m1/s1. The summed E-state index contributed by atoms with van der Waals surface area (Å²) in [5.41, 5.74) is 2.79. The Morgan fingerprint density at radius 1 is 1.35 bits per heavy atom. The van der Waals surface area contributed by atoms with Gasteiger partial charge < -0.3 is 4.90 Å². The van der Waals surface area contributed by atoms with Gasteiger partial charge >= 0.3 is 0 Å². The van der Waals surface area contributed by atoms with Gasteiger partial charge in [-0.25, -0.2) is 13.1 Å². The Hall–Kier alpha value is -1.40. The van der Waals surface area contributed by atoms with E-state index in [1.165, 1.54) is 0 Å². The number of sulfonamides is 1. The molecule has 1 N–H and O–H groups in total. The Morgan fingerprint density at radius 2 is 2.09 bits per heavy atom. The first kappa shape index (κ1) is 16.5. The van der Waals surface area contributed by atoms with Gasteiger partial charge in [-0.15, -0.1) is 0 Å². The van der Waals surface area contributed by atoms with Crippen molar-refractivity contribution in [2.45, 2.75) is 50.8 Å². The fourth-order valence-electron chi connectivity index (χ4n) is 3.39. The number of aryl methyl sites for hydroxylation is 1. The summed E-state index contributed by atoms with van der Waals surface area (Å²) in [6, 6.07) is 3.43. The van der Waals surface area contributed by atoms with Crippen LogP contribution in [0.1, 0.15) is 50.7 Å². The largest absolute Gasteiger partial charge is 0.311 e. The van der Waals surface area contributed by atoms with E-state index in [1.807, 2.05) is 11.8 Å². The van der Waals surface area contributed by atoms with Gasteiger partial charge in [0.1, 0.15) is 0 Å². The average molecular weight is 336 g/mol. The molecular weight excluding hydrogens is 312 g/mol. The molecule has 0 aliphatic carbocycles. The molecule has 2 aliphatic heterocycles. The van der Waals surface area contributed by atoms with Gasteiger partial charge in [-0.3, -0.25) is 4.79 Å². The Labute approximate surface area is 138 Å². The maximum atomic E-state index is 12.6. The molecule has 2 aliphatic rings. The summed E-state index contributed by atoms with van der Waals surface area (Å²) in [4.78, 5) is 14.5. The second-order valence-electron chi connectivity index (χ2n) is 6.92. The van der Waals surface area contributed by atoms with Gasteiger partial charge in [0.05, 0.1) is 16.5 Å². The summed E-state index contributed by atoms with van der Waals surface area (Å²) in [6.45, 7) is 7.17. The summed E-state index contributed by atoms with van der Waals surface area (Å²) in [7, 11) is -3.52. The van der Waals surface area contributed by atoms with Gasteiger partial charge in [0.2, 0.25) is 15.9 Å². The number of hydrogen-bond donors (Lipinski definition) is 1. The number of amides is 1. The van der Waals surface area contributed by atoms with Gasteiger partial charge in [-0.1, -0.05) is 13.8 Å². The summed E-state index contributed by atoms with van der Waals surface area (Å²) < 4.78 is 27.8. The van der Waals surface area contributed by atoms with Crippen LogP contribution in [0.25, 0.3) is 0 Å². The lowest BCUT2D eigenvalue weighted by molar-refractivity contribution is -0.119. The fourth-order valence-corrected chi connectivity index (χ4v) is 4.52. The predicted molar refractivity (Wildman–Crippen MR) is 90.2 cm³/mol. The van der Waals surface area contributed by atoms with E-state index in [2.05, 4.69) is 18.6 Å². The molecule has 126 valence electrons. The van der Waals surface area contributed by atoms with E-state index >= 15 is 0 Å². The molecule has 6 heteroatoms. The molecule has 0 radical (unpaired) electrons. The molecule has 0 aromatic heterocycles. The van der Waals surface area contributed by atoms with Crippen molar-refractivity contribution < 1.29 is 13.2 Å². The molecule has 5 nitrogen and oxygen atoms in total. The molecule has 0 saturated heterocycles. The van der Waals surface area contributed by atoms with Gasteiger partial charge in [0.15, 0.2) is 0 Å². The van der Waals surface area contributed by atoms with Gasteiger partial charge in [-0.05, 0) is 55.4 Å². The summed E-state index contributed by atoms with van der Waals surface area (Å²) in [5, 5.41) is 0. The third kappa shape index (κ3) is 2.90. The first-order chi connectivity index (χ1) is 10.8. The van der Waals surface area contributed by atoms with Crippen LogP contribution in [0.2, 0.25) is 0 Å². The molecule has 23 heavy (non-hydrogen) atoms. The van der Waals surface area contributed by atoms with Crippen LogP contribution in [0.3, 0.4) is 0 Å². The molecule has 0 fully saturated rings. The lowest BCUT2D eigenvalue weighted by Crippen LogP contribution is -2.32. The van der Waals surface area contributed by atoms with Crippen LogP contribution >= 0.6 is 0 Å². The molecular formula is C17H24N2O3S. The van der Waals surface area contributed by atoms with Gasteiger partial charge in [0, 0.05) is 13.1 Å². The third-order valence-corrected chi connectivity index (χ3v) is 6.16. The first-order valence-corrected chi connectivity index (χ1v) is 9.77. The second-order valence-corrected chi connectivity index (χ2v) is 8.68. The number of nitrogens with zero attached hydrogens (tertiary/aromatic N) is 1. The van der Waals surface area contributed by atoms with Crippen LogP contribution < -0.4 is 9.62 Å². The minimum atomic E-state index is -3.52. The molecule has 1 aromatic carbocycles. The molecule has 0 unspecified atom stereocenters. The van der Waals surface area contributed by atoms with E-state index in [-0.39, 0.29) is 11.8 Å². The zero-order chi connectivity index (χ0) is 16.8. The van der Waals surface area contributed by atoms with Crippen molar-refractivity contribution in [1.82, 2.24) is 4.72 Å². The van der Waals surface area contributed by atoms with Gasteiger partial charge in [-0.2, -0.15) is 0 Å². The third-order valence-electron chi connectivity index (χ3n) is 4.72. The maximum absolute atomic E-state index is 12.6. The minimum Gasteiger partial charge on any atom is -0.311 e. The quantitative estimate of drug-likeness (QED) is 0.898. The molecule has 2 heterocycles. The minimum absolute atomic E-state index is 0.0864. The second kappa shape index (κ2) is 5.91. The van der Waals surface area contributed by atoms with E-state index in [0.29, 0.717) is 17.4 Å². The number of anilines is 1. The Bertz CT molecular complexity index is 740. The Kier molecular flexibility index (Phi) is 4.23. The van der Waals surface area contributed by atoms with E-state index < -0.39 is 10.0 Å². The highest BCUT2D eigenvalue weighted by Gasteiger charge is 2.38. The molecule has 0 spiro atoms. The molecule has 1 atom stereocenters. The van der Waals surface area contributed by atoms with Crippen molar-refractivity contribution in [3.8, 4) is 0 Å². The van der Waals surface area contributed by atoms with E-state index in [0.717, 1.165) is 42.6 Å². The summed E-state index contributed by atoms with van der Waals surface area (Å²) in [6.07, 6.45) is 2.52. The monoisotopic (exact) mass is 336 g/mol. The topological polar surface area (TPSA) is 66.5 Å². The number of hydrogen-bond acceptors (Lipinski definition) is 3. The highest BCUT2D eigenvalue weighted by molar-refractivity contribution is 7.89. The van der Waals surface area contributed by atoms with E-state index in [4.69, 9.17) is 0 Å². The van der Waals surface area contributed by atoms with Crippen molar-refractivity contribution in [2.75, 3.05) is 18.0 Å². The van der Waals surface area contributed by atoms with Crippen molar-refractivity contribution >= 4 is 21.6 Å². The van der Waals surface area contributed by atoms with Crippen molar-refractivity contribution in [2.24, 2.45) is 5.92 Å². The van der Waals surface area contributed by atoms with E-state index in [9.17, 15) is 13.2 Å². The number of rotatable bonds is 5. The highest BCUT2D eigenvalue weighted by Crippen LogP contribution is 2.43. The van der Waals surface area contributed by atoms with Crippen molar-refractivity contribution in [3.05, 3.63) is 23.3 Å². The van der Waals surface area contributed by atoms with Gasteiger partial charge in [0.25, 0.3) is 0 Å². The average Bonchev–Trinajstić information content (AvgIpc) is 2.74. The van der Waals surface area contributed by atoms with Crippen LogP contribution in [-0.2, 0) is 21.2 Å². The fraction of sp³-hybridized carbons (Fsp3) is 0.588. The predicted octanol–water partition coefficient (Wildman–Crippen LogP) is 2.41. The summed E-state index contributed by atoms with van der Waals surface area (Å²) >= 11 is 0. The van der Waals surface area contributed by atoms with Crippen LogP contribution in [0, 0.1) is 5.92 Å². The summed E-state index contributed by atoms with van der Waals surface area (Å²) in [5.74, 6) is 0.279. The van der Waals surface area contributed by atoms with Crippen LogP contribution in [0.5, 0.6) is 0 Å². The molecule has 0 bridgehead atoms. The normalized spacial score (nSPS) is 20.3. The highest BCUT2D eigenvalue weighted by atomic mass is 32.2. The van der Waals surface area contributed by atoms with Crippen molar-refractivity contribution in [1.29, 1.82) is 0 Å². The molecule has 0 saturated carbocycles. The number of carbonyl (C=O) groups is 1. The molecule has 3 rings (SSSR count). The maximum Gasteiger partial charge on any atom is 0.240 e. The zero-order valence-electron chi connectivity index (χ0n) is 13.9.